The number of hydrogen-bond donors (Lipinski definition) is 1. The van der Waals surface area contributed by atoms with Gasteiger partial charge in [0.15, 0.2) is 11.6 Å². The lowest BCUT2D eigenvalue weighted by Gasteiger charge is -2.06. The number of thiophene rings is 1. The molecular formula is C15H14FNOS. The maximum absolute atomic E-state index is 13.5. The largest absolute Gasteiger partial charge is 0.485 e. The van der Waals surface area contributed by atoms with Crippen molar-refractivity contribution in [1.29, 1.82) is 0 Å². The number of benzene rings is 1. The Bertz CT molecular complexity index is 625. The monoisotopic (exact) mass is 275 g/mol. The van der Waals surface area contributed by atoms with Crippen LogP contribution in [0.2, 0.25) is 0 Å². The smallest absolute Gasteiger partial charge is 0.165 e. The van der Waals surface area contributed by atoms with E-state index in [1.165, 1.54) is 17.4 Å². The van der Waals surface area contributed by atoms with E-state index >= 15 is 0 Å². The molecule has 0 saturated heterocycles. The number of nitrogens with two attached hydrogens (primary N) is 1. The molecule has 0 fully saturated rings. The normalized spacial score (nSPS) is 9.84. The topological polar surface area (TPSA) is 35.2 Å². The Hall–Kier alpha value is -1.83. The molecule has 1 heterocycles. The van der Waals surface area contributed by atoms with Gasteiger partial charge < -0.3 is 10.5 Å². The lowest BCUT2D eigenvalue weighted by atomic mass is 10.2. The molecule has 2 nitrogen and oxygen atoms in total. The number of aryl methyl sites for hydroxylation is 1. The van der Waals surface area contributed by atoms with E-state index in [0.717, 1.165) is 16.0 Å². The molecule has 0 amide bonds. The molecule has 2 aromatic rings. The van der Waals surface area contributed by atoms with Crippen LogP contribution in [0.5, 0.6) is 5.75 Å². The van der Waals surface area contributed by atoms with Crippen molar-refractivity contribution < 1.29 is 9.13 Å². The van der Waals surface area contributed by atoms with Gasteiger partial charge in [0.2, 0.25) is 0 Å². The van der Waals surface area contributed by atoms with Crippen LogP contribution < -0.4 is 10.5 Å². The summed E-state index contributed by atoms with van der Waals surface area (Å²) in [7, 11) is 0. The van der Waals surface area contributed by atoms with Crippen LogP contribution in [0.1, 0.15) is 16.0 Å². The minimum Gasteiger partial charge on any atom is -0.485 e. The van der Waals surface area contributed by atoms with Crippen molar-refractivity contribution in [3.63, 3.8) is 0 Å². The van der Waals surface area contributed by atoms with E-state index in [2.05, 4.69) is 11.8 Å². The average molecular weight is 275 g/mol. The SMILES string of the molecule is Cc1ccc(F)c(OCc2cc(C#CCN)cs2)c1. The fourth-order valence-electron chi connectivity index (χ4n) is 1.55. The lowest BCUT2D eigenvalue weighted by Crippen LogP contribution is -1.96. The molecular weight excluding hydrogens is 261 g/mol. The van der Waals surface area contributed by atoms with Crippen LogP contribution in [-0.4, -0.2) is 6.54 Å². The molecule has 2 rings (SSSR count). The van der Waals surface area contributed by atoms with Crippen molar-refractivity contribution in [2.24, 2.45) is 5.73 Å². The molecule has 2 N–H and O–H groups in total. The quantitative estimate of drug-likeness (QED) is 0.874. The zero-order valence-corrected chi connectivity index (χ0v) is 11.4. The second-order valence-electron chi connectivity index (χ2n) is 4.03. The Kier molecular flexibility index (Phi) is 4.56. The van der Waals surface area contributed by atoms with Gasteiger partial charge in [0.25, 0.3) is 0 Å². The minimum absolute atomic E-state index is 0.281. The molecule has 19 heavy (non-hydrogen) atoms. The van der Waals surface area contributed by atoms with Crippen LogP contribution in [0.3, 0.4) is 0 Å². The third kappa shape index (κ3) is 3.82. The second kappa shape index (κ2) is 6.37. The molecule has 0 aliphatic heterocycles. The van der Waals surface area contributed by atoms with Crippen molar-refractivity contribution in [1.82, 2.24) is 0 Å². The first-order valence-corrected chi connectivity index (χ1v) is 6.72. The van der Waals surface area contributed by atoms with Gasteiger partial charge in [-0.05, 0) is 30.7 Å². The highest BCUT2D eigenvalue weighted by Gasteiger charge is 2.05. The average Bonchev–Trinajstić information content (AvgIpc) is 2.85. The third-order valence-electron chi connectivity index (χ3n) is 2.45. The fourth-order valence-corrected chi connectivity index (χ4v) is 2.27. The first-order valence-electron chi connectivity index (χ1n) is 5.84. The molecule has 0 bridgehead atoms. The summed E-state index contributed by atoms with van der Waals surface area (Å²) in [4.78, 5) is 1.00. The highest BCUT2D eigenvalue weighted by molar-refractivity contribution is 7.10. The lowest BCUT2D eigenvalue weighted by molar-refractivity contribution is 0.293. The van der Waals surface area contributed by atoms with Gasteiger partial charge in [-0.1, -0.05) is 17.9 Å². The molecule has 1 aromatic heterocycles. The summed E-state index contributed by atoms with van der Waals surface area (Å²) in [5.41, 5.74) is 7.20. The van der Waals surface area contributed by atoms with Gasteiger partial charge in [0, 0.05) is 15.8 Å². The minimum atomic E-state index is -0.342. The van der Waals surface area contributed by atoms with Crippen LogP contribution in [0.25, 0.3) is 0 Å². The van der Waals surface area contributed by atoms with Crippen molar-refractivity contribution >= 4 is 11.3 Å². The zero-order valence-electron chi connectivity index (χ0n) is 10.6. The predicted molar refractivity (Wildman–Crippen MR) is 75.7 cm³/mol. The molecule has 0 atom stereocenters. The summed E-state index contributed by atoms with van der Waals surface area (Å²) in [5.74, 6) is 5.68. The Morgan fingerprint density at radius 2 is 2.21 bits per heavy atom. The van der Waals surface area contributed by atoms with E-state index in [-0.39, 0.29) is 11.6 Å². The number of hydrogen-bond acceptors (Lipinski definition) is 3. The fraction of sp³-hybridized carbons (Fsp3) is 0.200. The van der Waals surface area contributed by atoms with Crippen molar-refractivity contribution in [3.05, 3.63) is 51.5 Å². The first-order chi connectivity index (χ1) is 9.19. The summed E-state index contributed by atoms with van der Waals surface area (Å²) in [6.07, 6.45) is 0. The van der Waals surface area contributed by atoms with E-state index in [1.54, 1.807) is 12.1 Å². The Morgan fingerprint density at radius 3 is 3.00 bits per heavy atom. The Morgan fingerprint density at radius 1 is 1.37 bits per heavy atom. The van der Waals surface area contributed by atoms with Gasteiger partial charge in [-0.25, -0.2) is 4.39 Å². The van der Waals surface area contributed by atoms with Crippen molar-refractivity contribution in [2.45, 2.75) is 13.5 Å². The molecule has 1 aromatic carbocycles. The third-order valence-corrected chi connectivity index (χ3v) is 3.36. The molecule has 0 radical (unpaired) electrons. The standard InChI is InChI=1S/C15H14FNOS/c1-11-4-5-14(16)15(7-11)18-9-13-8-12(10-19-13)3-2-6-17/h4-5,7-8,10H,6,9,17H2,1H3. The van der Waals surface area contributed by atoms with Crippen LogP contribution >= 0.6 is 11.3 Å². The van der Waals surface area contributed by atoms with Gasteiger partial charge in [-0.15, -0.1) is 11.3 Å². The Balaban J connectivity index is 2.02. The maximum Gasteiger partial charge on any atom is 0.165 e. The maximum atomic E-state index is 13.5. The molecule has 0 unspecified atom stereocenters. The molecule has 0 aliphatic rings. The summed E-state index contributed by atoms with van der Waals surface area (Å²) < 4.78 is 19.0. The van der Waals surface area contributed by atoms with Crippen molar-refractivity contribution in [2.75, 3.05) is 6.54 Å². The van der Waals surface area contributed by atoms with E-state index in [0.29, 0.717) is 13.2 Å². The molecule has 98 valence electrons. The molecule has 0 saturated carbocycles. The number of ether oxygens (including phenoxy) is 1. The summed E-state index contributed by atoms with van der Waals surface area (Å²) in [6.45, 7) is 2.59. The molecule has 0 aliphatic carbocycles. The van der Waals surface area contributed by atoms with E-state index in [1.807, 2.05) is 18.4 Å². The number of rotatable bonds is 3. The Labute approximate surface area is 116 Å². The summed E-state index contributed by atoms with van der Waals surface area (Å²) >= 11 is 1.54. The van der Waals surface area contributed by atoms with Gasteiger partial charge in [0.1, 0.15) is 6.61 Å². The van der Waals surface area contributed by atoms with Crippen molar-refractivity contribution in [3.8, 4) is 17.6 Å². The highest BCUT2D eigenvalue weighted by atomic mass is 32.1. The van der Waals surface area contributed by atoms with E-state index < -0.39 is 0 Å². The molecule has 4 heteroatoms. The first kappa shape index (κ1) is 13.6. The van der Waals surface area contributed by atoms with Crippen LogP contribution in [0.15, 0.2) is 29.6 Å². The zero-order chi connectivity index (χ0) is 13.7. The highest BCUT2D eigenvalue weighted by Crippen LogP contribution is 2.21. The number of halogens is 1. The summed E-state index contributed by atoms with van der Waals surface area (Å²) in [5, 5.41) is 1.94. The second-order valence-corrected chi connectivity index (χ2v) is 5.03. The van der Waals surface area contributed by atoms with Crippen LogP contribution in [-0.2, 0) is 6.61 Å². The predicted octanol–water partition coefficient (Wildman–Crippen LogP) is 3.08. The van der Waals surface area contributed by atoms with E-state index in [9.17, 15) is 4.39 Å². The van der Waals surface area contributed by atoms with Gasteiger partial charge in [-0.3, -0.25) is 0 Å². The van der Waals surface area contributed by atoms with Crippen LogP contribution in [0.4, 0.5) is 4.39 Å². The van der Waals surface area contributed by atoms with Gasteiger partial charge in [0.05, 0.1) is 6.54 Å². The van der Waals surface area contributed by atoms with Crippen LogP contribution in [0, 0.1) is 24.6 Å². The molecule has 0 spiro atoms. The summed E-state index contributed by atoms with van der Waals surface area (Å²) in [6, 6.07) is 6.75. The van der Waals surface area contributed by atoms with Gasteiger partial charge in [-0.2, -0.15) is 0 Å². The van der Waals surface area contributed by atoms with Gasteiger partial charge >= 0.3 is 0 Å². The van der Waals surface area contributed by atoms with E-state index in [4.69, 9.17) is 10.5 Å².